The number of carbonyl (C=O) groups excluding carboxylic acids is 1. The van der Waals surface area contributed by atoms with Gasteiger partial charge in [0.1, 0.15) is 0 Å². The summed E-state index contributed by atoms with van der Waals surface area (Å²) in [6.07, 6.45) is 0.180. The van der Waals surface area contributed by atoms with Gasteiger partial charge in [-0.15, -0.1) is 0 Å². The summed E-state index contributed by atoms with van der Waals surface area (Å²) < 4.78 is 0.559. The molecule has 0 heterocycles. The summed E-state index contributed by atoms with van der Waals surface area (Å²) >= 11 is 3.25. The Hall–Kier alpha value is -1.47. The van der Waals surface area contributed by atoms with Crippen molar-refractivity contribution >= 4 is 27.5 Å². The van der Waals surface area contributed by atoms with Crippen LogP contribution in [0.2, 0.25) is 0 Å². The third-order valence-corrected chi connectivity index (χ3v) is 3.72. The average Bonchev–Trinajstić information content (AvgIpc) is 2.38. The van der Waals surface area contributed by atoms with Crippen LogP contribution in [0.25, 0.3) is 0 Å². The fourth-order valence-electron chi connectivity index (χ4n) is 1.48. The minimum Gasteiger partial charge on any atom is -0.341 e. The molecular weight excluding hydrogens is 314 g/mol. The molecule has 1 unspecified atom stereocenters. The van der Waals surface area contributed by atoms with E-state index in [9.17, 15) is 14.9 Å². The molecule has 19 heavy (non-hydrogen) atoms. The third kappa shape index (κ3) is 4.00. The lowest BCUT2D eigenvalue weighted by Gasteiger charge is -2.23. The van der Waals surface area contributed by atoms with E-state index in [2.05, 4.69) is 15.9 Å². The van der Waals surface area contributed by atoms with Crippen molar-refractivity contribution < 1.29 is 9.72 Å². The first-order valence-corrected chi connectivity index (χ1v) is 6.54. The Labute approximate surface area is 119 Å². The predicted octanol–water partition coefficient (Wildman–Crippen LogP) is 1.71. The Bertz CT molecular complexity index is 493. The fraction of sp³-hybridized carbons (Fsp3) is 0.417. The van der Waals surface area contributed by atoms with Crippen LogP contribution in [0.1, 0.15) is 12.5 Å². The van der Waals surface area contributed by atoms with Gasteiger partial charge in [0.25, 0.3) is 5.69 Å². The van der Waals surface area contributed by atoms with Crippen LogP contribution in [0.4, 0.5) is 5.69 Å². The molecule has 0 bridgehead atoms. The highest BCUT2D eigenvalue weighted by atomic mass is 79.9. The van der Waals surface area contributed by atoms with Gasteiger partial charge in [-0.05, 0) is 12.5 Å². The van der Waals surface area contributed by atoms with Crippen molar-refractivity contribution in [3.05, 3.63) is 38.3 Å². The Morgan fingerprint density at radius 1 is 1.58 bits per heavy atom. The summed E-state index contributed by atoms with van der Waals surface area (Å²) in [7, 11) is 1.69. The molecule has 1 aromatic rings. The van der Waals surface area contributed by atoms with E-state index in [0.717, 1.165) is 0 Å². The van der Waals surface area contributed by atoms with Gasteiger partial charge in [-0.3, -0.25) is 14.9 Å². The van der Waals surface area contributed by atoms with Gasteiger partial charge in [0.2, 0.25) is 5.91 Å². The Kier molecular flexibility index (Phi) is 5.44. The van der Waals surface area contributed by atoms with E-state index in [4.69, 9.17) is 5.73 Å². The lowest BCUT2D eigenvalue weighted by atomic mass is 10.1. The molecule has 7 heteroatoms. The first kappa shape index (κ1) is 15.6. The second-order valence-electron chi connectivity index (χ2n) is 4.30. The largest absolute Gasteiger partial charge is 0.341 e. The molecule has 0 saturated heterocycles. The van der Waals surface area contributed by atoms with Gasteiger partial charge in [0, 0.05) is 36.2 Å². The fourth-order valence-corrected chi connectivity index (χ4v) is 1.99. The standard InChI is InChI=1S/C12H16BrN3O3/c1-8(7-14)15(2)12(17)5-9-3-4-10(16(18)19)6-11(9)13/h3-4,6,8H,5,7,14H2,1-2H3. The number of halogens is 1. The first-order chi connectivity index (χ1) is 8.86. The van der Waals surface area contributed by atoms with Crippen molar-refractivity contribution in [1.29, 1.82) is 0 Å². The van der Waals surface area contributed by atoms with Crippen molar-refractivity contribution in [2.75, 3.05) is 13.6 Å². The van der Waals surface area contributed by atoms with E-state index in [1.807, 2.05) is 6.92 Å². The molecule has 1 amide bonds. The second-order valence-corrected chi connectivity index (χ2v) is 5.15. The summed E-state index contributed by atoms with van der Waals surface area (Å²) in [6.45, 7) is 2.26. The molecule has 0 aromatic heterocycles. The number of nitrogens with two attached hydrogens (primary N) is 1. The van der Waals surface area contributed by atoms with Gasteiger partial charge < -0.3 is 10.6 Å². The zero-order valence-corrected chi connectivity index (χ0v) is 12.4. The number of benzene rings is 1. The zero-order valence-electron chi connectivity index (χ0n) is 10.8. The quantitative estimate of drug-likeness (QED) is 0.657. The molecule has 0 radical (unpaired) electrons. The number of nitrogens with zero attached hydrogens (tertiary/aromatic N) is 2. The van der Waals surface area contributed by atoms with Crippen molar-refractivity contribution in [3.8, 4) is 0 Å². The van der Waals surface area contributed by atoms with Crippen LogP contribution in [0, 0.1) is 10.1 Å². The number of amides is 1. The summed E-state index contributed by atoms with van der Waals surface area (Å²) in [6, 6.07) is 4.33. The van der Waals surface area contributed by atoms with E-state index in [1.165, 1.54) is 12.1 Å². The Morgan fingerprint density at radius 2 is 2.21 bits per heavy atom. The summed E-state index contributed by atoms with van der Waals surface area (Å²) in [5.41, 5.74) is 6.22. The van der Waals surface area contributed by atoms with Gasteiger partial charge >= 0.3 is 0 Å². The molecular formula is C12H16BrN3O3. The highest BCUT2D eigenvalue weighted by molar-refractivity contribution is 9.10. The minimum atomic E-state index is -0.473. The number of nitro benzene ring substituents is 1. The monoisotopic (exact) mass is 329 g/mol. The summed E-state index contributed by atoms with van der Waals surface area (Å²) in [5, 5.41) is 10.6. The topological polar surface area (TPSA) is 89.5 Å². The predicted molar refractivity (Wildman–Crippen MR) is 75.8 cm³/mol. The molecule has 1 atom stereocenters. The number of hydrogen-bond acceptors (Lipinski definition) is 4. The average molecular weight is 330 g/mol. The maximum atomic E-state index is 12.0. The Balaban J connectivity index is 2.83. The van der Waals surface area contributed by atoms with Crippen LogP contribution in [0.15, 0.2) is 22.7 Å². The molecule has 0 spiro atoms. The van der Waals surface area contributed by atoms with Crippen LogP contribution >= 0.6 is 15.9 Å². The number of nitro groups is 1. The molecule has 0 aliphatic carbocycles. The van der Waals surface area contributed by atoms with Crippen molar-refractivity contribution in [2.45, 2.75) is 19.4 Å². The molecule has 1 aromatic carbocycles. The molecule has 6 nitrogen and oxygen atoms in total. The summed E-state index contributed by atoms with van der Waals surface area (Å²) in [5.74, 6) is -0.0764. The second kappa shape index (κ2) is 6.63. The van der Waals surface area contributed by atoms with E-state index >= 15 is 0 Å². The van der Waals surface area contributed by atoms with Crippen molar-refractivity contribution in [1.82, 2.24) is 4.90 Å². The molecule has 0 aliphatic rings. The number of hydrogen-bond donors (Lipinski definition) is 1. The molecule has 0 saturated carbocycles. The van der Waals surface area contributed by atoms with E-state index < -0.39 is 4.92 Å². The van der Waals surface area contributed by atoms with E-state index in [0.29, 0.717) is 16.6 Å². The highest BCUT2D eigenvalue weighted by Crippen LogP contribution is 2.23. The normalized spacial score (nSPS) is 12.0. The van der Waals surface area contributed by atoms with Gasteiger partial charge in [-0.2, -0.15) is 0 Å². The minimum absolute atomic E-state index is 0.00763. The van der Waals surface area contributed by atoms with Gasteiger partial charge in [-0.25, -0.2) is 0 Å². The molecule has 1 rings (SSSR count). The number of non-ortho nitro benzene ring substituents is 1. The zero-order chi connectivity index (χ0) is 14.6. The smallest absolute Gasteiger partial charge is 0.270 e. The third-order valence-electron chi connectivity index (χ3n) is 2.98. The van der Waals surface area contributed by atoms with Crippen LogP contribution < -0.4 is 5.73 Å². The highest BCUT2D eigenvalue weighted by Gasteiger charge is 2.17. The lowest BCUT2D eigenvalue weighted by molar-refractivity contribution is -0.384. The van der Waals surface area contributed by atoms with Gasteiger partial charge in [0.05, 0.1) is 11.3 Å². The van der Waals surface area contributed by atoms with Crippen LogP contribution in [-0.2, 0) is 11.2 Å². The van der Waals surface area contributed by atoms with Crippen molar-refractivity contribution in [2.24, 2.45) is 5.73 Å². The number of rotatable bonds is 5. The van der Waals surface area contributed by atoms with Crippen LogP contribution in [0.3, 0.4) is 0 Å². The molecule has 104 valence electrons. The van der Waals surface area contributed by atoms with Crippen molar-refractivity contribution in [3.63, 3.8) is 0 Å². The maximum Gasteiger partial charge on any atom is 0.270 e. The van der Waals surface area contributed by atoms with Gasteiger partial charge in [0.15, 0.2) is 0 Å². The number of carbonyl (C=O) groups is 1. The van der Waals surface area contributed by atoms with Crippen LogP contribution in [-0.4, -0.2) is 35.4 Å². The Morgan fingerprint density at radius 3 is 2.68 bits per heavy atom. The maximum absolute atomic E-state index is 12.0. The number of likely N-dealkylation sites (N-methyl/N-ethyl adjacent to an activating group) is 1. The first-order valence-electron chi connectivity index (χ1n) is 5.75. The van der Waals surface area contributed by atoms with Gasteiger partial charge in [-0.1, -0.05) is 22.0 Å². The van der Waals surface area contributed by atoms with E-state index in [1.54, 1.807) is 18.0 Å². The van der Waals surface area contributed by atoms with E-state index in [-0.39, 0.29) is 24.1 Å². The summed E-state index contributed by atoms with van der Waals surface area (Å²) in [4.78, 5) is 23.7. The van der Waals surface area contributed by atoms with Crippen LogP contribution in [0.5, 0.6) is 0 Å². The lowest BCUT2D eigenvalue weighted by Crippen LogP contribution is -2.40. The molecule has 0 fully saturated rings. The SMILES string of the molecule is CC(CN)N(C)C(=O)Cc1ccc([N+](=O)[O-])cc1Br. The molecule has 0 aliphatic heterocycles. The molecule has 2 N–H and O–H groups in total.